The number of thioether (sulfide) groups is 1. The molecule has 0 fully saturated rings. The molecule has 86 valence electrons. The highest BCUT2D eigenvalue weighted by Gasteiger charge is 2.09. The molecule has 0 saturated heterocycles. The van der Waals surface area contributed by atoms with E-state index in [-0.39, 0.29) is 0 Å². The summed E-state index contributed by atoms with van der Waals surface area (Å²) in [7, 11) is 0. The summed E-state index contributed by atoms with van der Waals surface area (Å²) in [4.78, 5) is 4.24. The van der Waals surface area contributed by atoms with Crippen LogP contribution in [0.2, 0.25) is 0 Å². The quantitative estimate of drug-likeness (QED) is 0.468. The lowest BCUT2D eigenvalue weighted by atomic mass is 10.4. The molecule has 0 aromatic carbocycles. The largest absolute Gasteiger partial charge is 0.142 e. The van der Waals surface area contributed by atoms with Crippen LogP contribution in [0, 0.1) is 0 Å². The van der Waals surface area contributed by atoms with Gasteiger partial charge in [-0.25, -0.2) is 0 Å². The van der Waals surface area contributed by atoms with Crippen molar-refractivity contribution in [2.75, 3.05) is 5.75 Å². The molecule has 0 aliphatic carbocycles. The molecule has 4 heteroatoms. The van der Waals surface area contributed by atoms with Gasteiger partial charge in [-0.3, -0.25) is 0 Å². The van der Waals surface area contributed by atoms with Gasteiger partial charge in [-0.15, -0.1) is 34.4 Å². The molecular weight excluding hydrogens is 320 g/mol. The van der Waals surface area contributed by atoms with Crippen LogP contribution in [-0.2, 0) is 0 Å². The van der Waals surface area contributed by atoms with Gasteiger partial charge in [0.05, 0.1) is 8.66 Å². The number of hydrogen-bond donors (Lipinski definition) is 0. The first-order chi connectivity index (χ1) is 7.81. The van der Waals surface area contributed by atoms with E-state index in [9.17, 15) is 0 Å². The molecule has 0 bridgehead atoms. The van der Waals surface area contributed by atoms with Gasteiger partial charge in [0.15, 0.2) is 0 Å². The molecule has 0 spiro atoms. The van der Waals surface area contributed by atoms with Crippen molar-refractivity contribution in [1.82, 2.24) is 0 Å². The summed E-state index contributed by atoms with van der Waals surface area (Å²) < 4.78 is 1.21. The molecule has 2 aromatic heterocycles. The summed E-state index contributed by atoms with van der Waals surface area (Å²) in [5.74, 6) is 1.23. The van der Waals surface area contributed by atoms with Gasteiger partial charge in [-0.05, 0) is 51.7 Å². The van der Waals surface area contributed by atoms with Crippen molar-refractivity contribution in [1.29, 1.82) is 0 Å². The van der Waals surface area contributed by atoms with Gasteiger partial charge in [-0.1, -0.05) is 13.3 Å². The fourth-order valence-electron chi connectivity index (χ4n) is 1.35. The average Bonchev–Trinajstić information content (AvgIpc) is 2.87. The second kappa shape index (κ2) is 6.24. The summed E-state index contributed by atoms with van der Waals surface area (Å²) in [6, 6.07) is 6.57. The molecule has 0 radical (unpaired) electrons. The van der Waals surface area contributed by atoms with Crippen molar-refractivity contribution in [3.63, 3.8) is 0 Å². The number of hydrogen-bond acceptors (Lipinski definition) is 3. The highest BCUT2D eigenvalue weighted by molar-refractivity contribution is 9.11. The lowest BCUT2D eigenvalue weighted by molar-refractivity contribution is 0.896. The topological polar surface area (TPSA) is 0 Å². The second-order valence-corrected chi connectivity index (χ2v) is 7.94. The Morgan fingerprint density at radius 1 is 1.31 bits per heavy atom. The first kappa shape index (κ1) is 12.7. The van der Waals surface area contributed by atoms with Crippen LogP contribution < -0.4 is 0 Å². The SMILES string of the molecule is CCCCSc1ccsc1-c1ccc(Br)s1. The molecule has 0 unspecified atom stereocenters. The van der Waals surface area contributed by atoms with E-state index in [0.29, 0.717) is 0 Å². The molecule has 0 nitrogen and oxygen atoms in total. The highest BCUT2D eigenvalue weighted by Crippen LogP contribution is 2.40. The van der Waals surface area contributed by atoms with Gasteiger partial charge in [-0.2, -0.15) is 0 Å². The summed E-state index contributed by atoms with van der Waals surface area (Å²) in [6.07, 6.45) is 2.57. The predicted molar refractivity (Wildman–Crippen MR) is 81.0 cm³/mol. The van der Waals surface area contributed by atoms with E-state index in [1.54, 1.807) is 0 Å². The Hall–Kier alpha value is 0.230. The van der Waals surface area contributed by atoms with Crippen molar-refractivity contribution < 1.29 is 0 Å². The maximum absolute atomic E-state index is 3.52. The van der Waals surface area contributed by atoms with E-state index in [0.717, 1.165) is 0 Å². The van der Waals surface area contributed by atoms with Crippen LogP contribution in [-0.4, -0.2) is 5.75 Å². The zero-order valence-electron chi connectivity index (χ0n) is 9.03. The Morgan fingerprint density at radius 3 is 2.88 bits per heavy atom. The third-order valence-corrected chi connectivity index (χ3v) is 6.17. The van der Waals surface area contributed by atoms with Crippen molar-refractivity contribution in [2.24, 2.45) is 0 Å². The predicted octanol–water partition coefficient (Wildman–Crippen LogP) is 6.13. The molecule has 2 heterocycles. The molecule has 0 atom stereocenters. The Morgan fingerprint density at radius 2 is 2.19 bits per heavy atom. The number of rotatable bonds is 5. The summed E-state index contributed by atoms with van der Waals surface area (Å²) in [5.41, 5.74) is 0. The normalized spacial score (nSPS) is 10.9. The maximum Gasteiger partial charge on any atom is 0.0705 e. The van der Waals surface area contributed by atoms with Gasteiger partial charge < -0.3 is 0 Å². The minimum Gasteiger partial charge on any atom is -0.142 e. The Bertz CT molecular complexity index is 445. The van der Waals surface area contributed by atoms with Gasteiger partial charge in [0, 0.05) is 9.77 Å². The molecule has 0 aliphatic rings. The second-order valence-electron chi connectivity index (χ2n) is 3.42. The van der Waals surface area contributed by atoms with Crippen LogP contribution in [0.15, 0.2) is 32.3 Å². The van der Waals surface area contributed by atoms with Gasteiger partial charge in [0.1, 0.15) is 0 Å². The third-order valence-electron chi connectivity index (χ3n) is 2.18. The van der Waals surface area contributed by atoms with Gasteiger partial charge in [0.25, 0.3) is 0 Å². The fraction of sp³-hybridized carbons (Fsp3) is 0.333. The molecule has 2 rings (SSSR count). The summed E-state index contributed by atoms with van der Waals surface area (Å²) in [6.45, 7) is 2.24. The zero-order chi connectivity index (χ0) is 11.4. The van der Waals surface area contributed by atoms with E-state index in [2.05, 4.69) is 46.4 Å². The van der Waals surface area contributed by atoms with Crippen molar-refractivity contribution in [3.8, 4) is 9.75 Å². The monoisotopic (exact) mass is 332 g/mol. The van der Waals surface area contributed by atoms with Crippen LogP contribution in [0.3, 0.4) is 0 Å². The fourth-order valence-corrected chi connectivity index (χ4v) is 5.20. The van der Waals surface area contributed by atoms with E-state index < -0.39 is 0 Å². The lowest BCUT2D eigenvalue weighted by Crippen LogP contribution is -1.77. The van der Waals surface area contributed by atoms with Crippen molar-refractivity contribution in [2.45, 2.75) is 24.7 Å². The smallest absolute Gasteiger partial charge is 0.0705 e. The lowest BCUT2D eigenvalue weighted by Gasteiger charge is -2.00. The van der Waals surface area contributed by atoms with Gasteiger partial charge >= 0.3 is 0 Å². The van der Waals surface area contributed by atoms with Gasteiger partial charge in [0.2, 0.25) is 0 Å². The average molecular weight is 333 g/mol. The van der Waals surface area contributed by atoms with E-state index in [1.807, 2.05) is 34.4 Å². The number of halogens is 1. The first-order valence-electron chi connectivity index (χ1n) is 5.27. The van der Waals surface area contributed by atoms with Crippen molar-refractivity contribution in [3.05, 3.63) is 27.4 Å². The summed E-state index contributed by atoms with van der Waals surface area (Å²) >= 11 is 9.16. The third kappa shape index (κ3) is 3.13. The van der Waals surface area contributed by atoms with Crippen LogP contribution in [0.25, 0.3) is 9.75 Å². The Kier molecular flexibility index (Phi) is 4.95. The molecule has 0 aliphatic heterocycles. The zero-order valence-corrected chi connectivity index (χ0v) is 13.1. The summed E-state index contributed by atoms with van der Waals surface area (Å²) in [5, 5.41) is 2.19. The van der Waals surface area contributed by atoms with E-state index >= 15 is 0 Å². The Balaban J connectivity index is 2.12. The molecule has 0 amide bonds. The minimum atomic E-state index is 1.21. The molecular formula is C12H13BrS3. The molecule has 16 heavy (non-hydrogen) atoms. The van der Waals surface area contributed by atoms with E-state index in [4.69, 9.17) is 0 Å². The Labute approximate surface area is 117 Å². The van der Waals surface area contributed by atoms with Crippen molar-refractivity contribution >= 4 is 50.4 Å². The van der Waals surface area contributed by atoms with Crippen LogP contribution in [0.4, 0.5) is 0 Å². The van der Waals surface area contributed by atoms with Crippen LogP contribution in [0.1, 0.15) is 19.8 Å². The van der Waals surface area contributed by atoms with E-state index in [1.165, 1.54) is 37.0 Å². The molecule has 2 aromatic rings. The molecule has 0 N–H and O–H groups in total. The minimum absolute atomic E-state index is 1.21. The first-order valence-corrected chi connectivity index (χ1v) is 8.74. The van der Waals surface area contributed by atoms with Crippen LogP contribution >= 0.6 is 50.4 Å². The standard InChI is InChI=1S/C12H13BrS3/c1-2-3-7-14-9-6-8-15-12(9)10-4-5-11(13)16-10/h4-6,8H,2-3,7H2,1H3. The number of unbranched alkanes of at least 4 members (excludes halogenated alkanes) is 1. The highest BCUT2D eigenvalue weighted by atomic mass is 79.9. The maximum atomic E-state index is 3.52. The van der Waals surface area contributed by atoms with Crippen LogP contribution in [0.5, 0.6) is 0 Å². The number of thiophene rings is 2. The molecule has 0 saturated carbocycles.